The molecule has 0 saturated carbocycles. The molecule has 0 aliphatic rings. The quantitative estimate of drug-likeness (QED) is 0.161. The van der Waals surface area contributed by atoms with Crippen molar-refractivity contribution in [3.63, 3.8) is 0 Å². The van der Waals surface area contributed by atoms with Crippen molar-refractivity contribution in [2.75, 3.05) is 7.11 Å². The maximum absolute atomic E-state index is 11.4. The van der Waals surface area contributed by atoms with E-state index < -0.39 is 5.97 Å². The van der Waals surface area contributed by atoms with Crippen LogP contribution in [0.4, 0.5) is 0 Å². The third kappa shape index (κ3) is 16.2. The topological polar surface area (TPSA) is 66.8 Å². The van der Waals surface area contributed by atoms with E-state index in [-0.39, 0.29) is 17.1 Å². The van der Waals surface area contributed by atoms with E-state index in [0.29, 0.717) is 12.0 Å². The summed E-state index contributed by atoms with van der Waals surface area (Å²) in [5.41, 5.74) is 9.14. The van der Waals surface area contributed by atoms with E-state index in [4.69, 9.17) is 4.74 Å². The summed E-state index contributed by atoms with van der Waals surface area (Å²) in [6, 6.07) is 2.85. The Kier molecular flexibility index (Phi) is 18.0. The van der Waals surface area contributed by atoms with Gasteiger partial charge in [-0.2, -0.15) is 0 Å². The summed E-state index contributed by atoms with van der Waals surface area (Å²) < 4.78 is 5.13. The van der Waals surface area contributed by atoms with Crippen LogP contribution >= 0.6 is 0 Å². The van der Waals surface area contributed by atoms with Gasteiger partial charge in [-0.15, -0.1) is 0 Å². The minimum atomic E-state index is -1.04. The Labute approximate surface area is 256 Å². The molecule has 0 heterocycles. The van der Waals surface area contributed by atoms with Gasteiger partial charge in [0.25, 0.3) is 0 Å². The predicted octanol–water partition coefficient (Wildman–Crippen LogP) is 11.2. The molecule has 4 heteroatoms. The summed E-state index contributed by atoms with van der Waals surface area (Å²) in [6.07, 6.45) is 25.2. The number of aromatic hydroxyl groups is 1. The van der Waals surface area contributed by atoms with Crippen LogP contribution in [0.15, 0.2) is 82.0 Å². The van der Waals surface area contributed by atoms with Gasteiger partial charge in [-0.1, -0.05) is 69.9 Å². The van der Waals surface area contributed by atoms with Gasteiger partial charge >= 0.3 is 5.97 Å². The number of phenolic OH excluding ortho intramolecular Hbond substituents is 1. The van der Waals surface area contributed by atoms with Crippen LogP contribution in [0.2, 0.25) is 0 Å². The fraction of sp³-hybridized carbons (Fsp3) is 0.500. The summed E-state index contributed by atoms with van der Waals surface area (Å²) >= 11 is 0. The Morgan fingerprint density at radius 1 is 0.643 bits per heavy atom. The molecule has 232 valence electrons. The Balaban J connectivity index is 2.40. The number of carboxylic acid groups (broad SMARTS) is 1. The second-order valence-corrected chi connectivity index (χ2v) is 11.9. The van der Waals surface area contributed by atoms with Crippen molar-refractivity contribution in [2.24, 2.45) is 0 Å². The van der Waals surface area contributed by atoms with Crippen molar-refractivity contribution in [1.29, 1.82) is 0 Å². The van der Waals surface area contributed by atoms with Crippen LogP contribution < -0.4 is 4.74 Å². The molecule has 0 fully saturated rings. The van der Waals surface area contributed by atoms with Crippen molar-refractivity contribution in [3.8, 4) is 11.5 Å². The number of carbonyl (C=O) groups is 1. The molecule has 4 nitrogen and oxygen atoms in total. The molecule has 0 atom stereocenters. The molecule has 2 N–H and O–H groups in total. The molecule has 42 heavy (non-hydrogen) atoms. The Morgan fingerprint density at radius 3 is 1.38 bits per heavy atom. The minimum Gasteiger partial charge on any atom is -0.504 e. The van der Waals surface area contributed by atoms with Gasteiger partial charge in [0, 0.05) is 5.56 Å². The number of allylic oxidation sites excluding steroid dienone is 12. The SMILES string of the molecule is COc1cc(C(=O)O)cc(C/C=C(\C)CC/C=C(\C)CC/C=C(\C)CC/C=C(\C)CC/C=C(\C)CCC=C(C)C)c1O. The van der Waals surface area contributed by atoms with Crippen molar-refractivity contribution in [1.82, 2.24) is 0 Å². The van der Waals surface area contributed by atoms with Gasteiger partial charge in [0.15, 0.2) is 11.5 Å². The highest BCUT2D eigenvalue weighted by Crippen LogP contribution is 2.32. The number of carboxylic acids is 1. The zero-order valence-corrected chi connectivity index (χ0v) is 27.6. The number of phenols is 1. The van der Waals surface area contributed by atoms with E-state index in [9.17, 15) is 15.0 Å². The second kappa shape index (κ2) is 20.6. The zero-order chi connectivity index (χ0) is 31.5. The van der Waals surface area contributed by atoms with Gasteiger partial charge in [-0.25, -0.2) is 4.79 Å². The molecule has 1 aromatic carbocycles. The molecule has 0 bridgehead atoms. The molecule has 0 aliphatic carbocycles. The first-order valence-electron chi connectivity index (χ1n) is 15.5. The normalized spacial score (nSPS) is 13.4. The lowest BCUT2D eigenvalue weighted by molar-refractivity contribution is 0.0696. The molecule has 0 saturated heterocycles. The fourth-order valence-electron chi connectivity index (χ4n) is 4.67. The molecule has 0 unspecified atom stereocenters. The first kappa shape index (κ1) is 36.8. The summed E-state index contributed by atoms with van der Waals surface area (Å²) in [7, 11) is 1.42. The summed E-state index contributed by atoms with van der Waals surface area (Å²) in [5.74, 6) is -0.852. The standard InChI is InChI=1S/C38H56O4/c1-28(2)14-9-15-29(3)16-10-17-30(4)18-11-19-31(5)20-12-21-32(6)22-13-23-33(7)24-25-34-26-35(38(40)41)27-36(42-8)37(34)39/h14,16,18,20,22,24,26-27,39H,9-13,15,17,19,21,23,25H2,1-8H3,(H,40,41)/b29-16+,30-18+,31-20+,32-22+,33-24+. The number of hydrogen-bond donors (Lipinski definition) is 2. The monoisotopic (exact) mass is 576 g/mol. The molecule has 0 aromatic heterocycles. The first-order valence-corrected chi connectivity index (χ1v) is 15.5. The number of rotatable bonds is 19. The lowest BCUT2D eigenvalue weighted by Gasteiger charge is -2.10. The van der Waals surface area contributed by atoms with Gasteiger partial charge in [-0.3, -0.25) is 0 Å². The Hall–Kier alpha value is -3.27. The predicted molar refractivity (Wildman–Crippen MR) is 180 cm³/mol. The van der Waals surface area contributed by atoms with Crippen LogP contribution in [0.3, 0.4) is 0 Å². The average molecular weight is 577 g/mol. The van der Waals surface area contributed by atoms with Crippen LogP contribution in [0.25, 0.3) is 0 Å². The Bertz CT molecular complexity index is 1180. The van der Waals surface area contributed by atoms with Gasteiger partial charge in [0.05, 0.1) is 12.7 Å². The molecule has 0 aliphatic heterocycles. The maximum atomic E-state index is 11.4. The van der Waals surface area contributed by atoms with Crippen LogP contribution in [-0.2, 0) is 6.42 Å². The summed E-state index contributed by atoms with van der Waals surface area (Å²) in [6.45, 7) is 15.4. The minimum absolute atomic E-state index is 0.000956. The van der Waals surface area contributed by atoms with E-state index in [0.717, 1.165) is 57.8 Å². The van der Waals surface area contributed by atoms with Crippen molar-refractivity contribution in [3.05, 3.63) is 93.2 Å². The third-order valence-electron chi connectivity index (χ3n) is 7.51. The maximum Gasteiger partial charge on any atom is 0.335 e. The van der Waals surface area contributed by atoms with E-state index in [2.05, 4.69) is 84.9 Å². The molecule has 1 aromatic rings. The van der Waals surface area contributed by atoms with Gasteiger partial charge in [-0.05, 0) is 131 Å². The molecule has 0 spiro atoms. The largest absolute Gasteiger partial charge is 0.504 e. The fourth-order valence-corrected chi connectivity index (χ4v) is 4.67. The van der Waals surface area contributed by atoms with E-state index in [1.807, 2.05) is 0 Å². The van der Waals surface area contributed by atoms with Crippen LogP contribution in [-0.4, -0.2) is 23.3 Å². The average Bonchev–Trinajstić information content (AvgIpc) is 2.92. The number of benzene rings is 1. The van der Waals surface area contributed by atoms with E-state index in [1.54, 1.807) is 0 Å². The van der Waals surface area contributed by atoms with E-state index >= 15 is 0 Å². The number of ether oxygens (including phenoxy) is 1. The highest BCUT2D eigenvalue weighted by atomic mass is 16.5. The van der Waals surface area contributed by atoms with Gasteiger partial charge < -0.3 is 14.9 Å². The lowest BCUT2D eigenvalue weighted by atomic mass is 10.0. The summed E-state index contributed by atoms with van der Waals surface area (Å²) in [5, 5.41) is 19.7. The van der Waals surface area contributed by atoms with Crippen LogP contribution in [0, 0.1) is 0 Å². The van der Waals surface area contributed by atoms with Crippen molar-refractivity contribution >= 4 is 5.97 Å². The molecular formula is C38H56O4. The van der Waals surface area contributed by atoms with Gasteiger partial charge in [0.1, 0.15) is 0 Å². The highest BCUT2D eigenvalue weighted by Gasteiger charge is 2.13. The molecule has 0 radical (unpaired) electrons. The van der Waals surface area contributed by atoms with Crippen molar-refractivity contribution in [2.45, 2.75) is 119 Å². The first-order chi connectivity index (χ1) is 19.9. The van der Waals surface area contributed by atoms with Crippen LogP contribution in [0.1, 0.15) is 129 Å². The third-order valence-corrected chi connectivity index (χ3v) is 7.51. The second-order valence-electron chi connectivity index (χ2n) is 11.9. The Morgan fingerprint density at radius 2 is 1.02 bits per heavy atom. The van der Waals surface area contributed by atoms with Crippen molar-refractivity contribution < 1.29 is 19.7 Å². The lowest BCUT2D eigenvalue weighted by Crippen LogP contribution is -2.00. The van der Waals surface area contributed by atoms with Crippen LogP contribution in [0.5, 0.6) is 11.5 Å². The van der Waals surface area contributed by atoms with Gasteiger partial charge in [0.2, 0.25) is 0 Å². The smallest absolute Gasteiger partial charge is 0.335 e. The molecule has 1 rings (SSSR count). The molecule has 0 amide bonds. The summed E-state index contributed by atoms with van der Waals surface area (Å²) in [4.78, 5) is 11.4. The number of hydrogen-bond acceptors (Lipinski definition) is 3. The number of methoxy groups -OCH3 is 1. The number of aromatic carboxylic acids is 1. The molecular weight excluding hydrogens is 520 g/mol. The van der Waals surface area contributed by atoms with E-state index in [1.165, 1.54) is 59.1 Å². The zero-order valence-electron chi connectivity index (χ0n) is 27.6. The highest BCUT2D eigenvalue weighted by molar-refractivity contribution is 5.89.